The molecule has 3 rings (SSSR count). The second-order valence-corrected chi connectivity index (χ2v) is 5.04. The van der Waals surface area contributed by atoms with E-state index in [0.717, 1.165) is 22.4 Å². The van der Waals surface area contributed by atoms with E-state index in [0.29, 0.717) is 18.7 Å². The highest BCUT2D eigenvalue weighted by Gasteiger charge is 2.26. The molecule has 0 radical (unpaired) electrons. The van der Waals surface area contributed by atoms with Crippen LogP contribution in [0.5, 0.6) is 0 Å². The fourth-order valence-corrected chi connectivity index (χ4v) is 2.44. The minimum atomic E-state index is -0.329. The zero-order valence-corrected chi connectivity index (χ0v) is 11.6. The Hall–Kier alpha value is -2.51. The first kappa shape index (κ1) is 13.5. The number of ether oxygens (including phenoxy) is 1. The zero-order chi connectivity index (χ0) is 14.8. The van der Waals surface area contributed by atoms with Crippen molar-refractivity contribution in [2.75, 3.05) is 0 Å². The Bertz CT molecular complexity index is 721. The zero-order valence-electron chi connectivity index (χ0n) is 11.6. The molecule has 110 valence electrons. The van der Waals surface area contributed by atoms with E-state index in [1.165, 1.54) is 13.4 Å². The van der Waals surface area contributed by atoms with Crippen molar-refractivity contribution in [3.8, 4) is 0 Å². The topological polar surface area (TPSA) is 103 Å². The monoisotopic (exact) mass is 289 g/mol. The van der Waals surface area contributed by atoms with Crippen molar-refractivity contribution in [2.24, 2.45) is 13.0 Å². The first-order chi connectivity index (χ1) is 10.1. The molecule has 0 spiro atoms. The molecule has 0 aliphatic heterocycles. The number of aromatic amines is 1. The van der Waals surface area contributed by atoms with Crippen LogP contribution in [0.2, 0.25) is 0 Å². The van der Waals surface area contributed by atoms with Crippen LogP contribution in [-0.2, 0) is 36.0 Å². The lowest BCUT2D eigenvalue weighted by atomic mass is 9.87. The van der Waals surface area contributed by atoms with Crippen LogP contribution in [0.15, 0.2) is 17.3 Å². The molecule has 2 aromatic rings. The number of esters is 1. The number of H-pyrrole nitrogens is 1. The van der Waals surface area contributed by atoms with E-state index in [9.17, 15) is 9.59 Å². The van der Waals surface area contributed by atoms with E-state index in [2.05, 4.69) is 20.1 Å². The van der Waals surface area contributed by atoms with Gasteiger partial charge in [-0.25, -0.2) is 19.4 Å². The van der Waals surface area contributed by atoms with Gasteiger partial charge in [-0.1, -0.05) is 0 Å². The van der Waals surface area contributed by atoms with E-state index in [-0.39, 0.29) is 24.2 Å². The summed E-state index contributed by atoms with van der Waals surface area (Å²) in [5.74, 6) is -0.134. The molecule has 0 amide bonds. The summed E-state index contributed by atoms with van der Waals surface area (Å²) >= 11 is 0. The summed E-state index contributed by atoms with van der Waals surface area (Å²) in [6.07, 6.45) is 5.32. The van der Waals surface area contributed by atoms with Crippen LogP contribution in [0.3, 0.4) is 0 Å². The standard InChI is InChI=1S/C13H15N5O3/c1-18-13(20)16-11(17-18)6-21-12(19)8-2-3-10-9(4-8)5-14-7-15-10/h5,7-8H,2-4,6H2,1H3,(H,16,17,20). The van der Waals surface area contributed by atoms with Gasteiger partial charge in [0.25, 0.3) is 0 Å². The van der Waals surface area contributed by atoms with Gasteiger partial charge in [-0.15, -0.1) is 0 Å². The third-order valence-electron chi connectivity index (χ3n) is 3.58. The van der Waals surface area contributed by atoms with E-state index in [1.807, 2.05) is 0 Å². The van der Waals surface area contributed by atoms with E-state index < -0.39 is 0 Å². The Kier molecular flexibility index (Phi) is 3.51. The molecule has 2 heterocycles. The summed E-state index contributed by atoms with van der Waals surface area (Å²) in [6.45, 7) is -0.0242. The normalized spacial score (nSPS) is 17.3. The van der Waals surface area contributed by atoms with Gasteiger partial charge in [0.2, 0.25) is 0 Å². The molecule has 0 saturated heterocycles. The quantitative estimate of drug-likeness (QED) is 0.781. The fraction of sp³-hybridized carbons (Fsp3) is 0.462. The van der Waals surface area contributed by atoms with Gasteiger partial charge in [-0.05, 0) is 24.8 Å². The van der Waals surface area contributed by atoms with Crippen molar-refractivity contribution in [1.29, 1.82) is 0 Å². The van der Waals surface area contributed by atoms with E-state index in [4.69, 9.17) is 4.74 Å². The molecular formula is C13H15N5O3. The number of hydrogen-bond acceptors (Lipinski definition) is 6. The summed E-state index contributed by atoms with van der Waals surface area (Å²) in [5, 5.41) is 3.91. The minimum absolute atomic E-state index is 0.0242. The lowest BCUT2D eigenvalue weighted by Crippen LogP contribution is -2.25. The number of fused-ring (bicyclic) bond motifs is 1. The van der Waals surface area contributed by atoms with Crippen LogP contribution >= 0.6 is 0 Å². The summed E-state index contributed by atoms with van der Waals surface area (Å²) in [4.78, 5) is 34.0. The van der Waals surface area contributed by atoms with Gasteiger partial charge in [0.15, 0.2) is 12.4 Å². The van der Waals surface area contributed by atoms with Crippen molar-refractivity contribution in [3.05, 3.63) is 40.1 Å². The SMILES string of the molecule is Cn1nc(COC(=O)C2CCc3ncncc3C2)[nH]c1=O. The van der Waals surface area contributed by atoms with Crippen LogP contribution in [0, 0.1) is 5.92 Å². The highest BCUT2D eigenvalue weighted by Crippen LogP contribution is 2.24. The maximum Gasteiger partial charge on any atom is 0.343 e. The molecule has 8 nitrogen and oxygen atoms in total. The van der Waals surface area contributed by atoms with Crippen LogP contribution in [0.4, 0.5) is 0 Å². The second kappa shape index (κ2) is 5.47. The molecule has 0 bridgehead atoms. The van der Waals surface area contributed by atoms with Crippen molar-refractivity contribution in [3.63, 3.8) is 0 Å². The molecule has 8 heteroatoms. The summed E-state index contributed by atoms with van der Waals surface area (Å²) in [6, 6.07) is 0. The second-order valence-electron chi connectivity index (χ2n) is 5.04. The third kappa shape index (κ3) is 2.83. The average molecular weight is 289 g/mol. The van der Waals surface area contributed by atoms with E-state index in [1.54, 1.807) is 6.20 Å². The fourth-order valence-electron chi connectivity index (χ4n) is 2.44. The number of aryl methyl sites for hydroxylation is 2. The molecule has 1 aliphatic rings. The number of carbonyl (C=O) groups excluding carboxylic acids is 1. The van der Waals surface area contributed by atoms with Crippen LogP contribution in [0.1, 0.15) is 23.5 Å². The van der Waals surface area contributed by atoms with Crippen LogP contribution < -0.4 is 5.69 Å². The van der Waals surface area contributed by atoms with Gasteiger partial charge in [-0.2, -0.15) is 5.10 Å². The maximum atomic E-state index is 12.1. The minimum Gasteiger partial charge on any atom is -0.457 e. The molecule has 1 atom stereocenters. The lowest BCUT2D eigenvalue weighted by Gasteiger charge is -2.21. The largest absolute Gasteiger partial charge is 0.457 e. The molecule has 0 saturated carbocycles. The Balaban J connectivity index is 1.60. The molecular weight excluding hydrogens is 274 g/mol. The van der Waals surface area contributed by atoms with Crippen LogP contribution in [-0.4, -0.2) is 30.7 Å². The van der Waals surface area contributed by atoms with Crippen molar-refractivity contribution >= 4 is 5.97 Å². The first-order valence-corrected chi connectivity index (χ1v) is 6.70. The third-order valence-corrected chi connectivity index (χ3v) is 3.58. The molecule has 0 aromatic carbocycles. The summed E-state index contributed by atoms with van der Waals surface area (Å²) < 4.78 is 6.39. The molecule has 21 heavy (non-hydrogen) atoms. The Morgan fingerprint density at radius 3 is 3.19 bits per heavy atom. The molecule has 1 aliphatic carbocycles. The van der Waals surface area contributed by atoms with Crippen molar-refractivity contribution in [1.82, 2.24) is 24.7 Å². The number of aromatic nitrogens is 5. The molecule has 1 unspecified atom stereocenters. The number of nitrogens with one attached hydrogen (secondary N) is 1. The Morgan fingerprint density at radius 2 is 2.43 bits per heavy atom. The highest BCUT2D eigenvalue weighted by molar-refractivity contribution is 5.73. The number of rotatable bonds is 3. The summed E-state index contributed by atoms with van der Waals surface area (Å²) in [5.41, 5.74) is 1.67. The van der Waals surface area contributed by atoms with Gasteiger partial charge in [-0.3, -0.25) is 9.78 Å². The van der Waals surface area contributed by atoms with Crippen molar-refractivity contribution in [2.45, 2.75) is 25.9 Å². The van der Waals surface area contributed by atoms with Crippen molar-refractivity contribution < 1.29 is 9.53 Å². The molecule has 0 fully saturated rings. The number of nitrogens with zero attached hydrogens (tertiary/aromatic N) is 4. The smallest absolute Gasteiger partial charge is 0.343 e. The van der Waals surface area contributed by atoms with E-state index >= 15 is 0 Å². The average Bonchev–Trinajstić information content (AvgIpc) is 2.83. The predicted molar refractivity (Wildman–Crippen MR) is 71.2 cm³/mol. The number of hydrogen-bond donors (Lipinski definition) is 1. The molecule has 2 aromatic heterocycles. The lowest BCUT2D eigenvalue weighted by molar-refractivity contribution is -0.150. The van der Waals surface area contributed by atoms with Gasteiger partial charge < -0.3 is 4.74 Å². The van der Waals surface area contributed by atoms with Gasteiger partial charge in [0, 0.05) is 18.9 Å². The molecule has 1 N–H and O–H groups in total. The van der Waals surface area contributed by atoms with Gasteiger partial charge in [0.1, 0.15) is 6.33 Å². The van der Waals surface area contributed by atoms with Gasteiger partial charge in [0.05, 0.1) is 5.92 Å². The Morgan fingerprint density at radius 1 is 1.57 bits per heavy atom. The summed E-state index contributed by atoms with van der Waals surface area (Å²) in [7, 11) is 1.53. The maximum absolute atomic E-state index is 12.1. The predicted octanol–water partition coefficient (Wildman–Crippen LogP) is -0.253. The van der Waals surface area contributed by atoms with Crippen LogP contribution in [0.25, 0.3) is 0 Å². The highest BCUT2D eigenvalue weighted by atomic mass is 16.5. The van der Waals surface area contributed by atoms with Gasteiger partial charge >= 0.3 is 11.7 Å². The number of carbonyl (C=O) groups is 1. The Labute approximate surface area is 120 Å². The first-order valence-electron chi connectivity index (χ1n) is 6.70.